The highest BCUT2D eigenvalue weighted by Crippen LogP contribution is 2.43. The third-order valence-electron chi connectivity index (χ3n) is 3.97. The van der Waals surface area contributed by atoms with E-state index in [-0.39, 0.29) is 11.6 Å². The zero-order chi connectivity index (χ0) is 10.8. The molecule has 0 aromatic rings. The monoisotopic (exact) mass is 199 g/mol. The minimum atomic E-state index is -0.0374. The van der Waals surface area contributed by atoms with E-state index >= 15 is 0 Å². The fraction of sp³-hybridized carbons (Fsp3) is 1.00. The highest BCUT2D eigenvalue weighted by molar-refractivity contribution is 4.96. The maximum absolute atomic E-state index is 6.16. The van der Waals surface area contributed by atoms with Gasteiger partial charge in [-0.2, -0.15) is 0 Å². The van der Waals surface area contributed by atoms with Crippen LogP contribution in [0.1, 0.15) is 52.9 Å². The zero-order valence-electron chi connectivity index (χ0n) is 10.1. The minimum absolute atomic E-state index is 0.0374. The lowest BCUT2D eigenvalue weighted by atomic mass is 9.68. The van der Waals surface area contributed by atoms with Crippen LogP contribution in [-0.4, -0.2) is 18.8 Å². The van der Waals surface area contributed by atoms with E-state index < -0.39 is 0 Å². The summed E-state index contributed by atoms with van der Waals surface area (Å²) in [6, 6.07) is 0.198. The number of ether oxygens (including phenoxy) is 1. The molecule has 0 bridgehead atoms. The van der Waals surface area contributed by atoms with Crippen molar-refractivity contribution >= 4 is 0 Å². The number of rotatable bonds is 3. The Morgan fingerprint density at radius 3 is 2.07 bits per heavy atom. The summed E-state index contributed by atoms with van der Waals surface area (Å²) in [5.41, 5.74) is 6.60. The van der Waals surface area contributed by atoms with E-state index in [4.69, 9.17) is 10.5 Å². The molecule has 0 aliphatic heterocycles. The van der Waals surface area contributed by atoms with Crippen molar-refractivity contribution in [2.24, 2.45) is 11.1 Å². The molecule has 0 aromatic carbocycles. The van der Waals surface area contributed by atoms with Gasteiger partial charge in [0.2, 0.25) is 0 Å². The highest BCUT2D eigenvalue weighted by atomic mass is 16.5. The summed E-state index contributed by atoms with van der Waals surface area (Å²) in [5, 5.41) is 0. The van der Waals surface area contributed by atoms with E-state index in [0.29, 0.717) is 5.41 Å². The molecule has 1 saturated carbocycles. The second kappa shape index (κ2) is 4.19. The summed E-state index contributed by atoms with van der Waals surface area (Å²) in [7, 11) is 1.81. The Hall–Kier alpha value is -0.0800. The molecule has 1 fully saturated rings. The third kappa shape index (κ3) is 2.29. The van der Waals surface area contributed by atoms with Crippen LogP contribution in [0, 0.1) is 5.41 Å². The van der Waals surface area contributed by atoms with Crippen molar-refractivity contribution in [2.45, 2.75) is 64.5 Å². The first kappa shape index (κ1) is 12.0. The van der Waals surface area contributed by atoms with Crippen molar-refractivity contribution < 1.29 is 4.74 Å². The van der Waals surface area contributed by atoms with E-state index in [9.17, 15) is 0 Å². The van der Waals surface area contributed by atoms with Crippen LogP contribution in [0.5, 0.6) is 0 Å². The van der Waals surface area contributed by atoms with Gasteiger partial charge in [-0.15, -0.1) is 0 Å². The average molecular weight is 199 g/mol. The van der Waals surface area contributed by atoms with Crippen molar-refractivity contribution in [3.8, 4) is 0 Å². The Kier molecular flexibility index (Phi) is 3.59. The molecule has 2 heteroatoms. The van der Waals surface area contributed by atoms with Gasteiger partial charge in [0.05, 0.1) is 5.60 Å². The molecule has 0 saturated heterocycles. The van der Waals surface area contributed by atoms with Crippen LogP contribution in [0.25, 0.3) is 0 Å². The van der Waals surface area contributed by atoms with E-state index in [1.54, 1.807) is 0 Å². The molecule has 0 unspecified atom stereocenters. The van der Waals surface area contributed by atoms with Crippen LogP contribution in [0.4, 0.5) is 0 Å². The van der Waals surface area contributed by atoms with Gasteiger partial charge in [-0.05, 0) is 37.5 Å². The summed E-state index contributed by atoms with van der Waals surface area (Å²) >= 11 is 0. The van der Waals surface area contributed by atoms with Crippen molar-refractivity contribution in [2.75, 3.05) is 7.11 Å². The molecular weight excluding hydrogens is 174 g/mol. The summed E-state index contributed by atoms with van der Waals surface area (Å²) in [6.45, 7) is 6.82. The Labute approximate surface area is 88.2 Å². The Morgan fingerprint density at radius 2 is 1.71 bits per heavy atom. The lowest BCUT2D eigenvalue weighted by Crippen LogP contribution is -2.52. The number of hydrogen-bond acceptors (Lipinski definition) is 2. The largest absolute Gasteiger partial charge is 0.377 e. The third-order valence-corrected chi connectivity index (χ3v) is 3.97. The van der Waals surface area contributed by atoms with Gasteiger partial charge in [-0.3, -0.25) is 0 Å². The molecule has 1 aliphatic rings. The smallest absolute Gasteiger partial charge is 0.0829 e. The van der Waals surface area contributed by atoms with Crippen LogP contribution in [0.15, 0.2) is 0 Å². The summed E-state index contributed by atoms with van der Waals surface area (Å²) in [5.74, 6) is 0. The Bertz CT molecular complexity index is 179. The van der Waals surface area contributed by atoms with Crippen molar-refractivity contribution in [1.29, 1.82) is 0 Å². The molecule has 1 aliphatic carbocycles. The molecule has 14 heavy (non-hydrogen) atoms. The standard InChI is InChI=1S/C12H25NO/c1-5-10(13)12(14-4)8-6-11(2,3)7-9-12/h10H,5-9,13H2,1-4H3/t10-/m0/s1. The van der Waals surface area contributed by atoms with Crippen molar-refractivity contribution in [3.63, 3.8) is 0 Å². The molecule has 0 radical (unpaired) electrons. The fourth-order valence-corrected chi connectivity index (χ4v) is 2.45. The van der Waals surface area contributed by atoms with Crippen LogP contribution in [-0.2, 0) is 4.74 Å². The van der Waals surface area contributed by atoms with E-state index in [0.717, 1.165) is 19.3 Å². The zero-order valence-corrected chi connectivity index (χ0v) is 10.1. The van der Waals surface area contributed by atoms with E-state index in [1.807, 2.05) is 7.11 Å². The van der Waals surface area contributed by atoms with Gasteiger partial charge < -0.3 is 10.5 Å². The van der Waals surface area contributed by atoms with Gasteiger partial charge in [0.25, 0.3) is 0 Å². The first-order valence-electron chi connectivity index (χ1n) is 5.76. The maximum atomic E-state index is 6.16. The molecule has 2 nitrogen and oxygen atoms in total. The van der Waals surface area contributed by atoms with Crippen LogP contribution in [0.3, 0.4) is 0 Å². The van der Waals surface area contributed by atoms with Gasteiger partial charge >= 0.3 is 0 Å². The average Bonchev–Trinajstić information content (AvgIpc) is 2.18. The second-order valence-corrected chi connectivity index (χ2v) is 5.45. The number of methoxy groups -OCH3 is 1. The summed E-state index contributed by atoms with van der Waals surface area (Å²) < 4.78 is 5.70. The second-order valence-electron chi connectivity index (χ2n) is 5.45. The molecule has 2 N–H and O–H groups in total. The predicted octanol–water partition coefficient (Wildman–Crippen LogP) is 2.71. The molecule has 1 atom stereocenters. The van der Waals surface area contributed by atoms with Crippen LogP contribution >= 0.6 is 0 Å². The van der Waals surface area contributed by atoms with Crippen LogP contribution < -0.4 is 5.73 Å². The molecule has 1 rings (SSSR count). The molecule has 84 valence electrons. The number of hydrogen-bond donors (Lipinski definition) is 1. The summed E-state index contributed by atoms with van der Waals surface area (Å²) in [4.78, 5) is 0. The Morgan fingerprint density at radius 1 is 1.21 bits per heavy atom. The van der Waals surface area contributed by atoms with Gasteiger partial charge in [-0.1, -0.05) is 20.8 Å². The predicted molar refractivity (Wildman–Crippen MR) is 60.3 cm³/mol. The van der Waals surface area contributed by atoms with Crippen LogP contribution in [0.2, 0.25) is 0 Å². The van der Waals surface area contributed by atoms with Gasteiger partial charge in [0.15, 0.2) is 0 Å². The van der Waals surface area contributed by atoms with E-state index in [1.165, 1.54) is 12.8 Å². The van der Waals surface area contributed by atoms with Crippen molar-refractivity contribution in [3.05, 3.63) is 0 Å². The molecular formula is C12H25NO. The SMILES string of the molecule is CC[C@H](N)C1(OC)CCC(C)(C)CC1. The molecule has 0 aromatic heterocycles. The first-order valence-corrected chi connectivity index (χ1v) is 5.76. The van der Waals surface area contributed by atoms with Gasteiger partial charge in [0.1, 0.15) is 0 Å². The lowest BCUT2D eigenvalue weighted by molar-refractivity contribution is -0.0788. The van der Waals surface area contributed by atoms with Crippen molar-refractivity contribution in [1.82, 2.24) is 0 Å². The lowest BCUT2D eigenvalue weighted by Gasteiger charge is -2.45. The maximum Gasteiger partial charge on any atom is 0.0829 e. The number of nitrogens with two attached hydrogens (primary N) is 1. The van der Waals surface area contributed by atoms with Gasteiger partial charge in [0, 0.05) is 13.2 Å². The normalized spacial score (nSPS) is 27.2. The molecule has 0 spiro atoms. The first-order chi connectivity index (χ1) is 6.46. The van der Waals surface area contributed by atoms with Gasteiger partial charge in [-0.25, -0.2) is 0 Å². The molecule has 0 heterocycles. The highest BCUT2D eigenvalue weighted by Gasteiger charge is 2.41. The topological polar surface area (TPSA) is 35.2 Å². The summed E-state index contributed by atoms with van der Waals surface area (Å²) in [6.07, 6.45) is 5.70. The Balaban J connectivity index is 2.66. The van der Waals surface area contributed by atoms with E-state index in [2.05, 4.69) is 20.8 Å². The molecule has 0 amide bonds. The minimum Gasteiger partial charge on any atom is -0.377 e. The fourth-order valence-electron chi connectivity index (χ4n) is 2.45. The quantitative estimate of drug-likeness (QED) is 0.758.